The monoisotopic (exact) mass is 495 g/mol. The molecule has 1 aliphatic heterocycles. The second-order valence-electron chi connectivity index (χ2n) is 9.38. The molecule has 184 valence electrons. The first-order valence-electron chi connectivity index (χ1n) is 11.5. The standard InChI is InChI=1S/C25H30ClN7O2/c1-7-35-22-17(14(3)33-24-20(13(2)31-33)23(28)29-12-30-24)8-19(26)18(9-27)21(22)16-10-32(11-16)15(4)25(5,6)34/h8,12,14,16,34H,4,7,10-11H2,1-3,5-6H3,(H2,28,29,30). The number of ether oxygens (including phenoxy) is 1. The first-order valence-corrected chi connectivity index (χ1v) is 11.9. The van der Waals surface area contributed by atoms with Crippen LogP contribution in [-0.2, 0) is 0 Å². The van der Waals surface area contributed by atoms with Gasteiger partial charge in [0.05, 0.1) is 39.9 Å². The molecule has 0 spiro atoms. The van der Waals surface area contributed by atoms with Crippen molar-refractivity contribution in [2.45, 2.75) is 52.2 Å². The SMILES string of the molecule is C=C(N1CC(c2c(C#N)c(Cl)cc(C(C)n3nc(C)c4c(N)ncnc43)c2OCC)C1)C(C)(C)O. The number of hydrogen-bond acceptors (Lipinski definition) is 8. The molecule has 9 nitrogen and oxygen atoms in total. The van der Waals surface area contributed by atoms with Gasteiger partial charge in [-0.05, 0) is 40.7 Å². The lowest BCUT2D eigenvalue weighted by atomic mass is 9.83. The number of nitrogen functional groups attached to an aromatic ring is 1. The Hall–Kier alpha value is -3.35. The zero-order valence-corrected chi connectivity index (χ0v) is 21.4. The highest BCUT2D eigenvalue weighted by Crippen LogP contribution is 2.45. The van der Waals surface area contributed by atoms with E-state index < -0.39 is 5.60 Å². The van der Waals surface area contributed by atoms with Gasteiger partial charge in [-0.15, -0.1) is 0 Å². The van der Waals surface area contributed by atoms with Crippen LogP contribution in [0.3, 0.4) is 0 Å². The minimum atomic E-state index is -1.03. The van der Waals surface area contributed by atoms with E-state index in [1.807, 2.05) is 25.7 Å². The van der Waals surface area contributed by atoms with Gasteiger partial charge in [0.25, 0.3) is 0 Å². The highest BCUT2D eigenvalue weighted by atomic mass is 35.5. The van der Waals surface area contributed by atoms with Gasteiger partial charge in [-0.3, -0.25) is 0 Å². The molecule has 0 radical (unpaired) electrons. The molecule has 0 saturated carbocycles. The van der Waals surface area contributed by atoms with Crippen LogP contribution < -0.4 is 10.5 Å². The smallest absolute Gasteiger partial charge is 0.164 e. The quantitative estimate of drug-likeness (QED) is 0.504. The maximum atomic E-state index is 10.3. The molecule has 3 heterocycles. The zero-order valence-electron chi connectivity index (χ0n) is 20.6. The Morgan fingerprint density at radius 1 is 1.43 bits per heavy atom. The second-order valence-corrected chi connectivity index (χ2v) is 9.79. The van der Waals surface area contributed by atoms with Gasteiger partial charge in [0.2, 0.25) is 0 Å². The molecule has 1 aliphatic rings. The van der Waals surface area contributed by atoms with Gasteiger partial charge >= 0.3 is 0 Å². The number of likely N-dealkylation sites (tertiary alicyclic amines) is 1. The van der Waals surface area contributed by atoms with E-state index in [-0.39, 0.29) is 12.0 Å². The van der Waals surface area contributed by atoms with Crippen molar-refractivity contribution in [3.63, 3.8) is 0 Å². The number of nitrogens with zero attached hydrogens (tertiary/aromatic N) is 6. The molecular weight excluding hydrogens is 466 g/mol. The van der Waals surface area contributed by atoms with E-state index in [9.17, 15) is 10.4 Å². The average molecular weight is 496 g/mol. The summed E-state index contributed by atoms with van der Waals surface area (Å²) in [6.07, 6.45) is 1.42. The number of hydrogen-bond donors (Lipinski definition) is 2. The number of fused-ring (bicyclic) bond motifs is 1. The predicted molar refractivity (Wildman–Crippen MR) is 135 cm³/mol. The van der Waals surface area contributed by atoms with E-state index in [0.717, 1.165) is 16.8 Å². The molecule has 35 heavy (non-hydrogen) atoms. The summed E-state index contributed by atoms with van der Waals surface area (Å²) in [7, 11) is 0. The van der Waals surface area contributed by atoms with Crippen molar-refractivity contribution in [3.8, 4) is 11.8 Å². The predicted octanol–water partition coefficient (Wildman–Crippen LogP) is 3.93. The van der Waals surface area contributed by atoms with Gasteiger partial charge in [-0.25, -0.2) is 14.6 Å². The molecule has 3 N–H and O–H groups in total. The van der Waals surface area contributed by atoms with Crippen molar-refractivity contribution in [2.75, 3.05) is 25.4 Å². The number of nitriles is 1. The molecule has 0 aliphatic carbocycles. The minimum Gasteiger partial charge on any atom is -0.493 e. The van der Waals surface area contributed by atoms with Crippen LogP contribution in [0.1, 0.15) is 62.0 Å². The van der Waals surface area contributed by atoms with E-state index in [2.05, 4.69) is 22.6 Å². The van der Waals surface area contributed by atoms with Crippen molar-refractivity contribution in [1.82, 2.24) is 24.6 Å². The lowest BCUT2D eigenvalue weighted by molar-refractivity contribution is 0.0570. The van der Waals surface area contributed by atoms with Crippen LogP contribution in [0.15, 0.2) is 24.7 Å². The van der Waals surface area contributed by atoms with Crippen molar-refractivity contribution < 1.29 is 9.84 Å². The molecular formula is C25H30ClN7O2. The molecule has 10 heteroatoms. The number of rotatable bonds is 7. The third-order valence-electron chi connectivity index (χ3n) is 6.59. The van der Waals surface area contributed by atoms with Crippen molar-refractivity contribution in [3.05, 3.63) is 52.1 Å². The van der Waals surface area contributed by atoms with Crippen LogP contribution in [0.2, 0.25) is 5.02 Å². The normalized spacial score (nSPS) is 15.1. The van der Waals surface area contributed by atoms with Gasteiger partial charge in [0.1, 0.15) is 24.0 Å². The van der Waals surface area contributed by atoms with Crippen LogP contribution in [0.25, 0.3) is 11.0 Å². The highest BCUT2D eigenvalue weighted by molar-refractivity contribution is 6.32. The third kappa shape index (κ3) is 4.17. The molecule has 1 saturated heterocycles. The maximum Gasteiger partial charge on any atom is 0.164 e. The van der Waals surface area contributed by atoms with Gasteiger partial charge in [-0.1, -0.05) is 18.2 Å². The van der Waals surface area contributed by atoms with Crippen LogP contribution in [0, 0.1) is 18.3 Å². The molecule has 2 aromatic heterocycles. The Labute approximate surface area is 209 Å². The molecule has 1 unspecified atom stereocenters. The number of aliphatic hydroxyl groups is 1. The summed E-state index contributed by atoms with van der Waals surface area (Å²) in [5.74, 6) is 0.989. The van der Waals surface area contributed by atoms with Gasteiger partial charge in [-0.2, -0.15) is 10.4 Å². The summed E-state index contributed by atoms with van der Waals surface area (Å²) in [4.78, 5) is 10.5. The molecule has 1 atom stereocenters. The number of aromatic nitrogens is 4. The Balaban J connectivity index is 1.83. The fourth-order valence-electron chi connectivity index (χ4n) is 4.63. The maximum absolute atomic E-state index is 10.3. The van der Waals surface area contributed by atoms with Crippen LogP contribution >= 0.6 is 11.6 Å². The Morgan fingerprint density at radius 2 is 2.11 bits per heavy atom. The lowest BCUT2D eigenvalue weighted by Gasteiger charge is -2.46. The zero-order chi connectivity index (χ0) is 25.7. The minimum absolute atomic E-state index is 0.0102. The van der Waals surface area contributed by atoms with Crippen molar-refractivity contribution >= 4 is 28.5 Å². The van der Waals surface area contributed by atoms with E-state index in [0.29, 0.717) is 58.6 Å². The highest BCUT2D eigenvalue weighted by Gasteiger charge is 2.38. The van der Waals surface area contributed by atoms with E-state index in [1.54, 1.807) is 24.6 Å². The van der Waals surface area contributed by atoms with E-state index in [4.69, 9.17) is 27.2 Å². The van der Waals surface area contributed by atoms with Crippen molar-refractivity contribution in [1.29, 1.82) is 5.26 Å². The van der Waals surface area contributed by atoms with E-state index >= 15 is 0 Å². The lowest BCUT2D eigenvalue weighted by Crippen LogP contribution is -2.49. The molecule has 1 aromatic carbocycles. The fraction of sp³-hybridized carbons (Fsp3) is 0.440. The Kier molecular flexibility index (Phi) is 6.38. The number of halogens is 1. The topological polar surface area (TPSA) is 126 Å². The van der Waals surface area contributed by atoms with Crippen LogP contribution in [-0.4, -0.2) is 55.1 Å². The number of nitrogens with two attached hydrogens (primary N) is 1. The summed E-state index contributed by atoms with van der Waals surface area (Å²) in [6, 6.07) is 3.74. The molecule has 4 rings (SSSR count). The van der Waals surface area contributed by atoms with Gasteiger partial charge in [0, 0.05) is 35.8 Å². The van der Waals surface area contributed by atoms with Gasteiger partial charge in [0.15, 0.2) is 5.65 Å². The summed E-state index contributed by atoms with van der Waals surface area (Å²) in [5.41, 5.74) is 9.01. The Bertz CT molecular complexity index is 1350. The van der Waals surface area contributed by atoms with Crippen LogP contribution in [0.5, 0.6) is 5.75 Å². The summed E-state index contributed by atoms with van der Waals surface area (Å²) in [6.45, 7) is 14.8. The van der Waals surface area contributed by atoms with Crippen LogP contribution in [0.4, 0.5) is 5.82 Å². The molecule has 0 bridgehead atoms. The summed E-state index contributed by atoms with van der Waals surface area (Å²) in [5, 5.41) is 26.1. The average Bonchev–Trinajstić information content (AvgIpc) is 3.10. The van der Waals surface area contributed by atoms with E-state index in [1.165, 1.54) is 6.33 Å². The largest absolute Gasteiger partial charge is 0.493 e. The summed E-state index contributed by atoms with van der Waals surface area (Å²) >= 11 is 6.66. The number of aryl methyl sites for hydroxylation is 1. The first kappa shape index (κ1) is 24.8. The summed E-state index contributed by atoms with van der Waals surface area (Å²) < 4.78 is 7.96. The number of benzene rings is 1. The second kappa shape index (κ2) is 9.02. The molecule has 0 amide bonds. The van der Waals surface area contributed by atoms with Crippen molar-refractivity contribution in [2.24, 2.45) is 0 Å². The van der Waals surface area contributed by atoms with Gasteiger partial charge < -0.3 is 20.5 Å². The molecule has 3 aromatic rings. The Morgan fingerprint density at radius 3 is 2.71 bits per heavy atom. The third-order valence-corrected chi connectivity index (χ3v) is 6.88. The molecule has 1 fully saturated rings. The first-order chi connectivity index (χ1) is 16.5. The number of anilines is 1. The fourth-order valence-corrected chi connectivity index (χ4v) is 4.89.